The van der Waals surface area contributed by atoms with Gasteiger partial charge in [-0.1, -0.05) is 6.92 Å². The molecule has 5 nitrogen and oxygen atoms in total. The predicted molar refractivity (Wildman–Crippen MR) is 56.4 cm³/mol. The maximum absolute atomic E-state index is 11.8. The van der Waals surface area contributed by atoms with E-state index in [2.05, 4.69) is 0 Å². The summed E-state index contributed by atoms with van der Waals surface area (Å²) >= 11 is 0. The van der Waals surface area contributed by atoms with Crippen molar-refractivity contribution in [1.29, 1.82) is 0 Å². The van der Waals surface area contributed by atoms with E-state index in [0.717, 1.165) is 6.42 Å². The number of nitrogens with zero attached hydrogens (tertiary/aromatic N) is 1. The van der Waals surface area contributed by atoms with E-state index in [4.69, 9.17) is 10.8 Å². The molecule has 0 aliphatic carbocycles. The molecule has 0 aromatic carbocycles. The van der Waals surface area contributed by atoms with Crippen molar-refractivity contribution in [2.75, 3.05) is 26.2 Å². The van der Waals surface area contributed by atoms with Gasteiger partial charge in [-0.15, -0.1) is 0 Å². The molecule has 0 saturated heterocycles. The summed E-state index contributed by atoms with van der Waals surface area (Å²) in [7, 11) is -3.33. The van der Waals surface area contributed by atoms with Crippen LogP contribution in [0.1, 0.15) is 20.3 Å². The van der Waals surface area contributed by atoms with Crippen LogP contribution in [0.5, 0.6) is 0 Å². The fourth-order valence-corrected chi connectivity index (χ4v) is 2.63. The van der Waals surface area contributed by atoms with Gasteiger partial charge < -0.3 is 10.8 Å². The summed E-state index contributed by atoms with van der Waals surface area (Å²) in [4.78, 5) is 0. The molecule has 0 spiro atoms. The van der Waals surface area contributed by atoms with Crippen molar-refractivity contribution in [3.8, 4) is 0 Å². The number of aliphatic hydroxyl groups is 1. The monoisotopic (exact) mass is 224 g/mol. The molecule has 0 saturated carbocycles. The summed E-state index contributed by atoms with van der Waals surface area (Å²) in [6, 6.07) is 0. The molecule has 86 valence electrons. The minimum atomic E-state index is -3.33. The van der Waals surface area contributed by atoms with Crippen LogP contribution in [-0.4, -0.2) is 49.3 Å². The standard InChI is InChI=1S/C8H20N2O3S/c1-3-4-10(5-6-11)14(12,13)8(2)7-9/h8,11H,3-7,9H2,1-2H3. The third-order valence-electron chi connectivity index (χ3n) is 2.02. The zero-order valence-corrected chi connectivity index (χ0v) is 9.63. The summed E-state index contributed by atoms with van der Waals surface area (Å²) in [6.07, 6.45) is 0.733. The van der Waals surface area contributed by atoms with E-state index in [9.17, 15) is 8.42 Å². The van der Waals surface area contributed by atoms with Gasteiger partial charge in [-0.05, 0) is 13.3 Å². The van der Waals surface area contributed by atoms with Crippen LogP contribution >= 0.6 is 0 Å². The second-order valence-electron chi connectivity index (χ2n) is 3.21. The Morgan fingerprint density at radius 1 is 1.43 bits per heavy atom. The Kier molecular flexibility index (Phi) is 6.26. The van der Waals surface area contributed by atoms with Crippen LogP contribution in [0.2, 0.25) is 0 Å². The Labute approximate surface area is 85.9 Å². The van der Waals surface area contributed by atoms with Crippen molar-refractivity contribution >= 4 is 10.0 Å². The molecule has 3 N–H and O–H groups in total. The van der Waals surface area contributed by atoms with Crippen LogP contribution in [0.3, 0.4) is 0 Å². The van der Waals surface area contributed by atoms with E-state index in [-0.39, 0.29) is 19.7 Å². The summed E-state index contributed by atoms with van der Waals surface area (Å²) in [5.41, 5.74) is 5.32. The maximum atomic E-state index is 11.8. The zero-order chi connectivity index (χ0) is 11.2. The highest BCUT2D eigenvalue weighted by Crippen LogP contribution is 2.08. The van der Waals surface area contributed by atoms with Crippen LogP contribution in [0, 0.1) is 0 Å². The Morgan fingerprint density at radius 2 is 2.00 bits per heavy atom. The molecule has 0 amide bonds. The normalized spacial score (nSPS) is 14.6. The van der Waals surface area contributed by atoms with E-state index in [1.54, 1.807) is 6.92 Å². The Morgan fingerprint density at radius 3 is 2.36 bits per heavy atom. The highest BCUT2D eigenvalue weighted by molar-refractivity contribution is 7.89. The molecular weight excluding hydrogens is 204 g/mol. The molecule has 1 atom stereocenters. The largest absolute Gasteiger partial charge is 0.395 e. The van der Waals surface area contributed by atoms with Crippen LogP contribution in [0.15, 0.2) is 0 Å². The third-order valence-corrected chi connectivity index (χ3v) is 4.32. The van der Waals surface area contributed by atoms with E-state index >= 15 is 0 Å². The lowest BCUT2D eigenvalue weighted by atomic mass is 10.5. The first kappa shape index (κ1) is 13.8. The second-order valence-corrected chi connectivity index (χ2v) is 5.56. The van der Waals surface area contributed by atoms with Gasteiger partial charge in [0.1, 0.15) is 0 Å². The van der Waals surface area contributed by atoms with Crippen molar-refractivity contribution in [2.24, 2.45) is 5.73 Å². The third kappa shape index (κ3) is 3.53. The van der Waals surface area contributed by atoms with Crippen molar-refractivity contribution < 1.29 is 13.5 Å². The Balaban J connectivity index is 4.62. The highest BCUT2D eigenvalue weighted by atomic mass is 32.2. The van der Waals surface area contributed by atoms with Gasteiger partial charge in [0.15, 0.2) is 0 Å². The summed E-state index contributed by atoms with van der Waals surface area (Å²) < 4.78 is 24.8. The van der Waals surface area contributed by atoms with Gasteiger partial charge in [-0.3, -0.25) is 0 Å². The molecule has 0 rings (SSSR count). The average molecular weight is 224 g/mol. The molecule has 0 aromatic heterocycles. The summed E-state index contributed by atoms with van der Waals surface area (Å²) in [6.45, 7) is 4.01. The van der Waals surface area contributed by atoms with Gasteiger partial charge in [-0.2, -0.15) is 4.31 Å². The molecule has 0 aromatic rings. The van der Waals surface area contributed by atoms with Gasteiger partial charge in [0.25, 0.3) is 0 Å². The Hall–Kier alpha value is -0.170. The SMILES string of the molecule is CCCN(CCO)S(=O)(=O)C(C)CN. The molecule has 6 heteroatoms. The molecule has 0 heterocycles. The lowest BCUT2D eigenvalue weighted by molar-refractivity contribution is 0.252. The quantitative estimate of drug-likeness (QED) is 0.603. The highest BCUT2D eigenvalue weighted by Gasteiger charge is 2.26. The fourth-order valence-electron chi connectivity index (χ4n) is 1.10. The minimum absolute atomic E-state index is 0.105. The molecule has 0 aliphatic rings. The van der Waals surface area contributed by atoms with E-state index in [1.165, 1.54) is 4.31 Å². The maximum Gasteiger partial charge on any atom is 0.218 e. The predicted octanol–water partition coefficient (Wildman–Crippen LogP) is -0.632. The molecular formula is C8H20N2O3S. The van der Waals surface area contributed by atoms with Crippen LogP contribution in [-0.2, 0) is 10.0 Å². The van der Waals surface area contributed by atoms with Crippen LogP contribution < -0.4 is 5.73 Å². The van der Waals surface area contributed by atoms with Crippen LogP contribution in [0.4, 0.5) is 0 Å². The van der Waals surface area contributed by atoms with E-state index in [0.29, 0.717) is 6.54 Å². The molecule has 0 radical (unpaired) electrons. The second kappa shape index (κ2) is 6.34. The van der Waals surface area contributed by atoms with Crippen molar-refractivity contribution in [2.45, 2.75) is 25.5 Å². The topological polar surface area (TPSA) is 83.6 Å². The Bertz CT molecular complexity index is 235. The molecule has 14 heavy (non-hydrogen) atoms. The average Bonchev–Trinajstić information content (AvgIpc) is 2.16. The first-order valence-electron chi connectivity index (χ1n) is 4.80. The smallest absolute Gasteiger partial charge is 0.218 e. The fraction of sp³-hybridized carbons (Fsp3) is 1.00. The van der Waals surface area contributed by atoms with Gasteiger partial charge >= 0.3 is 0 Å². The number of hydrogen-bond acceptors (Lipinski definition) is 4. The zero-order valence-electron chi connectivity index (χ0n) is 8.81. The first-order valence-corrected chi connectivity index (χ1v) is 6.30. The van der Waals surface area contributed by atoms with Crippen molar-refractivity contribution in [3.63, 3.8) is 0 Å². The molecule has 0 fully saturated rings. The number of nitrogens with two attached hydrogens (primary N) is 1. The first-order chi connectivity index (χ1) is 6.50. The lowest BCUT2D eigenvalue weighted by Gasteiger charge is -2.23. The molecule has 0 bridgehead atoms. The van der Waals surface area contributed by atoms with Crippen LogP contribution in [0.25, 0.3) is 0 Å². The summed E-state index contributed by atoms with van der Waals surface area (Å²) in [5, 5.41) is 8.16. The minimum Gasteiger partial charge on any atom is -0.395 e. The van der Waals surface area contributed by atoms with E-state index in [1.807, 2.05) is 6.92 Å². The van der Waals surface area contributed by atoms with E-state index < -0.39 is 15.3 Å². The van der Waals surface area contributed by atoms with Crippen molar-refractivity contribution in [1.82, 2.24) is 4.31 Å². The van der Waals surface area contributed by atoms with Gasteiger partial charge in [0.05, 0.1) is 11.9 Å². The van der Waals surface area contributed by atoms with Crippen molar-refractivity contribution in [3.05, 3.63) is 0 Å². The van der Waals surface area contributed by atoms with Gasteiger partial charge in [-0.25, -0.2) is 8.42 Å². The van der Waals surface area contributed by atoms with Gasteiger partial charge in [0, 0.05) is 19.6 Å². The number of hydrogen-bond donors (Lipinski definition) is 2. The lowest BCUT2D eigenvalue weighted by Crippen LogP contribution is -2.42. The number of aliphatic hydroxyl groups excluding tert-OH is 1. The summed E-state index contributed by atoms with van der Waals surface area (Å²) in [5.74, 6) is 0. The molecule has 0 aliphatic heterocycles. The number of rotatable bonds is 7. The number of sulfonamides is 1. The van der Waals surface area contributed by atoms with Gasteiger partial charge in [0.2, 0.25) is 10.0 Å². The molecule has 1 unspecified atom stereocenters.